The molecule has 1 aliphatic heterocycles. The standard InChI is InChI=1S/C17H18ClN3O/c18-14-8-6-12(7-9-14)10-17(22)19-16-11-15(20-21-16)13-4-2-1-3-5-13/h1-9,15-16,20-21H,10-11H2,(H,19,22). The monoisotopic (exact) mass is 315 g/mol. The molecule has 5 heteroatoms. The normalized spacial score (nSPS) is 20.8. The lowest BCUT2D eigenvalue weighted by Gasteiger charge is -2.12. The zero-order valence-electron chi connectivity index (χ0n) is 12.1. The number of hydrogen-bond acceptors (Lipinski definition) is 3. The van der Waals surface area contributed by atoms with Crippen LogP contribution in [0.3, 0.4) is 0 Å². The molecule has 1 aliphatic rings. The summed E-state index contributed by atoms with van der Waals surface area (Å²) in [6, 6.07) is 17.7. The molecule has 3 N–H and O–H groups in total. The van der Waals surface area contributed by atoms with Crippen LogP contribution in [0.5, 0.6) is 0 Å². The molecule has 0 aromatic heterocycles. The first-order chi connectivity index (χ1) is 10.7. The SMILES string of the molecule is O=C(Cc1ccc(Cl)cc1)NC1CC(c2ccccc2)NN1. The fourth-order valence-electron chi connectivity index (χ4n) is 2.59. The molecule has 1 amide bonds. The van der Waals surface area contributed by atoms with Crippen LogP contribution in [-0.2, 0) is 11.2 Å². The van der Waals surface area contributed by atoms with Gasteiger partial charge in [-0.1, -0.05) is 54.1 Å². The van der Waals surface area contributed by atoms with Gasteiger partial charge in [-0.15, -0.1) is 0 Å². The summed E-state index contributed by atoms with van der Waals surface area (Å²) in [6.07, 6.45) is 1.10. The van der Waals surface area contributed by atoms with E-state index >= 15 is 0 Å². The van der Waals surface area contributed by atoms with Crippen molar-refractivity contribution in [3.05, 3.63) is 70.7 Å². The predicted octanol–water partition coefficient (Wildman–Crippen LogP) is 2.56. The Bertz CT molecular complexity index is 630. The summed E-state index contributed by atoms with van der Waals surface area (Å²) in [5.74, 6) is -0.00432. The second-order valence-corrected chi connectivity index (χ2v) is 5.85. The van der Waals surface area contributed by atoms with E-state index in [-0.39, 0.29) is 18.1 Å². The summed E-state index contributed by atoms with van der Waals surface area (Å²) < 4.78 is 0. The molecule has 2 atom stereocenters. The fraction of sp³-hybridized carbons (Fsp3) is 0.235. The summed E-state index contributed by atoms with van der Waals surface area (Å²) in [6.45, 7) is 0. The molecule has 0 saturated carbocycles. The molecule has 1 saturated heterocycles. The van der Waals surface area contributed by atoms with E-state index in [9.17, 15) is 4.79 Å². The number of nitrogens with one attached hydrogen (secondary N) is 3. The summed E-state index contributed by atoms with van der Waals surface area (Å²) in [4.78, 5) is 12.1. The molecule has 1 heterocycles. The number of hydrogen-bond donors (Lipinski definition) is 3. The minimum atomic E-state index is -0.0648. The first-order valence-electron chi connectivity index (χ1n) is 7.30. The van der Waals surface area contributed by atoms with E-state index in [0.29, 0.717) is 11.4 Å². The van der Waals surface area contributed by atoms with Gasteiger partial charge in [-0.3, -0.25) is 4.79 Å². The highest BCUT2D eigenvalue weighted by molar-refractivity contribution is 6.30. The van der Waals surface area contributed by atoms with Crippen molar-refractivity contribution in [1.82, 2.24) is 16.2 Å². The van der Waals surface area contributed by atoms with E-state index in [1.807, 2.05) is 30.3 Å². The molecule has 2 aromatic carbocycles. The average Bonchev–Trinajstić information content (AvgIpc) is 2.99. The maximum atomic E-state index is 12.1. The Morgan fingerprint density at radius 2 is 1.82 bits per heavy atom. The molecule has 0 bridgehead atoms. The third-order valence-electron chi connectivity index (χ3n) is 3.72. The highest BCUT2D eigenvalue weighted by Gasteiger charge is 2.25. The Morgan fingerprint density at radius 1 is 1.09 bits per heavy atom. The van der Waals surface area contributed by atoms with Crippen LogP contribution in [0.25, 0.3) is 0 Å². The minimum Gasteiger partial charge on any atom is -0.339 e. The summed E-state index contributed by atoms with van der Waals surface area (Å²) in [5, 5.41) is 3.67. The van der Waals surface area contributed by atoms with Crippen molar-refractivity contribution in [2.24, 2.45) is 0 Å². The van der Waals surface area contributed by atoms with Gasteiger partial charge in [0.05, 0.1) is 12.6 Å². The highest BCUT2D eigenvalue weighted by atomic mass is 35.5. The second kappa shape index (κ2) is 6.92. The van der Waals surface area contributed by atoms with Gasteiger partial charge in [-0.25, -0.2) is 10.9 Å². The molecule has 0 radical (unpaired) electrons. The quantitative estimate of drug-likeness (QED) is 0.813. The summed E-state index contributed by atoms with van der Waals surface area (Å²) in [7, 11) is 0. The van der Waals surface area contributed by atoms with Gasteiger partial charge in [-0.05, 0) is 23.3 Å². The Kier molecular flexibility index (Phi) is 4.73. The average molecular weight is 316 g/mol. The fourth-order valence-corrected chi connectivity index (χ4v) is 2.71. The van der Waals surface area contributed by atoms with Crippen LogP contribution in [0.2, 0.25) is 5.02 Å². The van der Waals surface area contributed by atoms with Gasteiger partial charge in [0.15, 0.2) is 0 Å². The van der Waals surface area contributed by atoms with E-state index in [0.717, 1.165) is 12.0 Å². The maximum Gasteiger partial charge on any atom is 0.225 e. The molecule has 4 nitrogen and oxygen atoms in total. The largest absolute Gasteiger partial charge is 0.339 e. The molecule has 2 unspecified atom stereocenters. The molecule has 3 rings (SSSR count). The molecule has 2 aromatic rings. The molecule has 0 aliphatic carbocycles. The number of carbonyl (C=O) groups excluding carboxylic acids is 1. The van der Waals surface area contributed by atoms with Crippen LogP contribution >= 0.6 is 11.6 Å². The lowest BCUT2D eigenvalue weighted by atomic mass is 10.0. The van der Waals surface area contributed by atoms with Crippen LogP contribution in [0.4, 0.5) is 0 Å². The number of hydrazine groups is 1. The van der Waals surface area contributed by atoms with Crippen molar-refractivity contribution < 1.29 is 4.79 Å². The topological polar surface area (TPSA) is 53.2 Å². The molecule has 1 fully saturated rings. The minimum absolute atomic E-state index is 0.00432. The molecule has 0 spiro atoms. The number of carbonyl (C=O) groups is 1. The number of halogens is 1. The summed E-state index contributed by atoms with van der Waals surface area (Å²) >= 11 is 5.84. The Morgan fingerprint density at radius 3 is 2.55 bits per heavy atom. The van der Waals surface area contributed by atoms with Gasteiger partial charge in [0, 0.05) is 17.5 Å². The first kappa shape index (κ1) is 15.0. The van der Waals surface area contributed by atoms with Crippen molar-refractivity contribution >= 4 is 17.5 Å². The lowest BCUT2D eigenvalue weighted by Crippen LogP contribution is -2.44. The Hall–Kier alpha value is -1.88. The molecular weight excluding hydrogens is 298 g/mol. The van der Waals surface area contributed by atoms with Gasteiger partial charge in [0.2, 0.25) is 5.91 Å². The molecule has 114 valence electrons. The Balaban J connectivity index is 1.51. The van der Waals surface area contributed by atoms with Crippen LogP contribution < -0.4 is 16.2 Å². The number of benzene rings is 2. The smallest absolute Gasteiger partial charge is 0.225 e. The van der Waals surface area contributed by atoms with Crippen LogP contribution in [0, 0.1) is 0 Å². The van der Waals surface area contributed by atoms with E-state index in [1.54, 1.807) is 12.1 Å². The van der Waals surface area contributed by atoms with Crippen molar-refractivity contribution in [1.29, 1.82) is 0 Å². The van der Waals surface area contributed by atoms with E-state index in [2.05, 4.69) is 28.3 Å². The highest BCUT2D eigenvalue weighted by Crippen LogP contribution is 2.20. The van der Waals surface area contributed by atoms with Gasteiger partial charge in [0.1, 0.15) is 0 Å². The van der Waals surface area contributed by atoms with E-state index < -0.39 is 0 Å². The van der Waals surface area contributed by atoms with Gasteiger partial charge >= 0.3 is 0 Å². The van der Waals surface area contributed by atoms with Gasteiger partial charge in [0.25, 0.3) is 0 Å². The van der Waals surface area contributed by atoms with Crippen LogP contribution in [0.1, 0.15) is 23.6 Å². The van der Waals surface area contributed by atoms with Crippen LogP contribution in [-0.4, -0.2) is 12.1 Å². The van der Waals surface area contributed by atoms with Crippen molar-refractivity contribution in [3.8, 4) is 0 Å². The zero-order valence-corrected chi connectivity index (χ0v) is 12.8. The maximum absolute atomic E-state index is 12.1. The second-order valence-electron chi connectivity index (χ2n) is 5.41. The summed E-state index contributed by atoms with van der Waals surface area (Å²) in [5.41, 5.74) is 8.51. The van der Waals surface area contributed by atoms with Crippen molar-refractivity contribution in [2.75, 3.05) is 0 Å². The molecule has 22 heavy (non-hydrogen) atoms. The molecular formula is C17H18ClN3O. The van der Waals surface area contributed by atoms with Gasteiger partial charge < -0.3 is 5.32 Å². The van der Waals surface area contributed by atoms with E-state index in [4.69, 9.17) is 11.6 Å². The lowest BCUT2D eigenvalue weighted by molar-refractivity contribution is -0.121. The Labute approximate surface area is 134 Å². The predicted molar refractivity (Wildman–Crippen MR) is 87.2 cm³/mol. The third kappa shape index (κ3) is 3.85. The van der Waals surface area contributed by atoms with Gasteiger partial charge in [-0.2, -0.15) is 0 Å². The van der Waals surface area contributed by atoms with Crippen molar-refractivity contribution in [3.63, 3.8) is 0 Å². The zero-order chi connectivity index (χ0) is 15.4. The third-order valence-corrected chi connectivity index (χ3v) is 3.97. The number of amides is 1. The van der Waals surface area contributed by atoms with E-state index in [1.165, 1.54) is 5.56 Å². The van der Waals surface area contributed by atoms with Crippen molar-refractivity contribution in [2.45, 2.75) is 25.0 Å². The number of rotatable bonds is 4. The van der Waals surface area contributed by atoms with Crippen LogP contribution in [0.15, 0.2) is 54.6 Å². The first-order valence-corrected chi connectivity index (χ1v) is 7.68.